The molecule has 0 radical (unpaired) electrons. The lowest BCUT2D eigenvalue weighted by molar-refractivity contribution is 0.186. The Kier molecular flexibility index (Phi) is 4.06. The van der Waals surface area contributed by atoms with E-state index >= 15 is 0 Å². The zero-order valence-corrected chi connectivity index (χ0v) is 10.9. The third-order valence-electron chi connectivity index (χ3n) is 2.70. The quantitative estimate of drug-likeness (QED) is 0.887. The molecular formula is C14H16FN3O. The topological polar surface area (TPSA) is 58.0 Å². The van der Waals surface area contributed by atoms with Crippen LogP contribution < -0.4 is 5.32 Å². The summed E-state index contributed by atoms with van der Waals surface area (Å²) in [6, 6.07) is 8.02. The van der Waals surface area contributed by atoms with Crippen molar-refractivity contribution >= 4 is 5.95 Å². The molecule has 19 heavy (non-hydrogen) atoms. The average Bonchev–Trinajstić information content (AvgIpc) is 2.35. The molecule has 1 aromatic heterocycles. The molecule has 1 heterocycles. The van der Waals surface area contributed by atoms with Gasteiger partial charge in [-0.05, 0) is 26.0 Å². The van der Waals surface area contributed by atoms with E-state index in [2.05, 4.69) is 15.3 Å². The van der Waals surface area contributed by atoms with Crippen LogP contribution >= 0.6 is 0 Å². The molecule has 0 aliphatic carbocycles. The number of benzene rings is 1. The fraction of sp³-hybridized carbons (Fsp3) is 0.286. The Morgan fingerprint density at radius 2 is 1.84 bits per heavy atom. The summed E-state index contributed by atoms with van der Waals surface area (Å²) < 4.78 is 13.5. The van der Waals surface area contributed by atoms with Gasteiger partial charge in [0.25, 0.3) is 0 Å². The Balaban J connectivity index is 2.04. The number of nitrogens with zero attached hydrogens (tertiary/aromatic N) is 2. The third-order valence-corrected chi connectivity index (χ3v) is 2.70. The number of hydrogen-bond donors (Lipinski definition) is 2. The van der Waals surface area contributed by atoms with Crippen molar-refractivity contribution < 1.29 is 9.50 Å². The van der Waals surface area contributed by atoms with Gasteiger partial charge in [-0.15, -0.1) is 0 Å². The summed E-state index contributed by atoms with van der Waals surface area (Å²) in [5.41, 5.74) is 1.95. The van der Waals surface area contributed by atoms with Crippen molar-refractivity contribution in [2.24, 2.45) is 0 Å². The Labute approximate surface area is 111 Å². The van der Waals surface area contributed by atoms with E-state index in [9.17, 15) is 9.50 Å². The SMILES string of the molecule is Cc1cc(C)nc(NCC(O)c2ccccc2F)n1. The first-order valence-corrected chi connectivity index (χ1v) is 6.05. The first kappa shape index (κ1) is 13.4. The van der Waals surface area contributed by atoms with Gasteiger partial charge >= 0.3 is 0 Å². The second-order valence-electron chi connectivity index (χ2n) is 4.39. The molecule has 0 saturated carbocycles. The molecule has 0 amide bonds. The van der Waals surface area contributed by atoms with Crippen LogP contribution in [0.4, 0.5) is 10.3 Å². The lowest BCUT2D eigenvalue weighted by atomic mass is 10.1. The van der Waals surface area contributed by atoms with E-state index in [0.717, 1.165) is 11.4 Å². The van der Waals surface area contributed by atoms with Crippen LogP contribution in [-0.2, 0) is 0 Å². The summed E-state index contributed by atoms with van der Waals surface area (Å²) >= 11 is 0. The van der Waals surface area contributed by atoms with Crippen molar-refractivity contribution in [3.63, 3.8) is 0 Å². The summed E-state index contributed by atoms with van der Waals surface area (Å²) in [5, 5.41) is 12.9. The summed E-state index contributed by atoms with van der Waals surface area (Å²) in [6.07, 6.45) is -0.939. The third kappa shape index (κ3) is 3.48. The molecule has 0 aliphatic heterocycles. The highest BCUT2D eigenvalue weighted by molar-refractivity contribution is 5.29. The maximum atomic E-state index is 13.5. The molecule has 0 bridgehead atoms. The molecule has 2 N–H and O–H groups in total. The fourth-order valence-corrected chi connectivity index (χ4v) is 1.85. The molecule has 4 nitrogen and oxygen atoms in total. The lowest BCUT2D eigenvalue weighted by Gasteiger charge is -2.13. The molecule has 0 saturated heterocycles. The number of rotatable bonds is 4. The minimum Gasteiger partial charge on any atom is -0.386 e. The Hall–Kier alpha value is -2.01. The van der Waals surface area contributed by atoms with Crippen LogP contribution in [0.15, 0.2) is 30.3 Å². The van der Waals surface area contributed by atoms with E-state index in [4.69, 9.17) is 0 Å². The predicted molar refractivity (Wildman–Crippen MR) is 71.4 cm³/mol. The summed E-state index contributed by atoms with van der Waals surface area (Å²) in [7, 11) is 0. The minimum atomic E-state index is -0.939. The smallest absolute Gasteiger partial charge is 0.223 e. The molecule has 0 spiro atoms. The van der Waals surface area contributed by atoms with Crippen molar-refractivity contribution in [2.75, 3.05) is 11.9 Å². The van der Waals surface area contributed by atoms with Crippen molar-refractivity contribution in [3.05, 3.63) is 53.1 Å². The van der Waals surface area contributed by atoms with Gasteiger partial charge in [0.05, 0.1) is 6.10 Å². The van der Waals surface area contributed by atoms with Crippen molar-refractivity contribution in [1.82, 2.24) is 9.97 Å². The zero-order chi connectivity index (χ0) is 13.8. The fourth-order valence-electron chi connectivity index (χ4n) is 1.85. The molecule has 1 atom stereocenters. The molecule has 0 fully saturated rings. The summed E-state index contributed by atoms with van der Waals surface area (Å²) in [4.78, 5) is 8.39. The number of aliphatic hydroxyl groups is 1. The van der Waals surface area contributed by atoms with Crippen LogP contribution in [0.25, 0.3) is 0 Å². The maximum absolute atomic E-state index is 13.5. The second-order valence-corrected chi connectivity index (χ2v) is 4.39. The van der Waals surface area contributed by atoms with E-state index in [1.165, 1.54) is 6.07 Å². The van der Waals surface area contributed by atoms with E-state index in [1.54, 1.807) is 18.2 Å². The van der Waals surface area contributed by atoms with E-state index in [-0.39, 0.29) is 12.1 Å². The molecule has 5 heteroatoms. The van der Waals surface area contributed by atoms with Crippen molar-refractivity contribution in [3.8, 4) is 0 Å². The molecular weight excluding hydrogens is 245 g/mol. The van der Waals surface area contributed by atoms with Gasteiger partial charge in [0.1, 0.15) is 5.82 Å². The first-order valence-electron chi connectivity index (χ1n) is 6.05. The van der Waals surface area contributed by atoms with Gasteiger partial charge in [0, 0.05) is 23.5 Å². The molecule has 1 unspecified atom stereocenters. The number of anilines is 1. The minimum absolute atomic E-state index is 0.157. The van der Waals surface area contributed by atoms with Crippen LogP contribution in [-0.4, -0.2) is 21.6 Å². The lowest BCUT2D eigenvalue weighted by Crippen LogP contribution is -2.15. The number of aryl methyl sites for hydroxylation is 2. The predicted octanol–water partition coefficient (Wildman–Crippen LogP) is 2.38. The second kappa shape index (κ2) is 5.75. The van der Waals surface area contributed by atoms with Crippen molar-refractivity contribution in [1.29, 1.82) is 0 Å². The van der Waals surface area contributed by atoms with Crippen LogP contribution in [0.2, 0.25) is 0 Å². The highest BCUT2D eigenvalue weighted by Crippen LogP contribution is 2.16. The van der Waals surface area contributed by atoms with Gasteiger partial charge in [-0.25, -0.2) is 14.4 Å². The van der Waals surface area contributed by atoms with Gasteiger partial charge < -0.3 is 10.4 Å². The molecule has 0 aliphatic rings. The molecule has 2 rings (SSSR count). The zero-order valence-electron chi connectivity index (χ0n) is 10.9. The summed E-state index contributed by atoms with van der Waals surface area (Å²) in [6.45, 7) is 3.89. The van der Waals surface area contributed by atoms with E-state index < -0.39 is 11.9 Å². The highest BCUT2D eigenvalue weighted by Gasteiger charge is 2.12. The van der Waals surface area contributed by atoms with E-state index in [0.29, 0.717) is 5.95 Å². The normalized spacial score (nSPS) is 12.2. The first-order chi connectivity index (χ1) is 9.06. The standard InChI is InChI=1S/C14H16FN3O/c1-9-7-10(2)18-14(17-9)16-8-13(19)11-5-3-4-6-12(11)15/h3-7,13,19H,8H2,1-2H3,(H,16,17,18). The number of nitrogens with one attached hydrogen (secondary N) is 1. The number of hydrogen-bond acceptors (Lipinski definition) is 4. The van der Waals surface area contributed by atoms with Gasteiger partial charge in [0.2, 0.25) is 5.95 Å². The van der Waals surface area contributed by atoms with Crippen molar-refractivity contribution in [2.45, 2.75) is 20.0 Å². The van der Waals surface area contributed by atoms with Gasteiger partial charge in [-0.2, -0.15) is 0 Å². The number of halogens is 1. The Morgan fingerprint density at radius 3 is 2.47 bits per heavy atom. The number of aromatic nitrogens is 2. The monoisotopic (exact) mass is 261 g/mol. The van der Waals surface area contributed by atoms with Crippen LogP contribution in [0.3, 0.4) is 0 Å². The van der Waals surface area contributed by atoms with Crippen LogP contribution in [0.1, 0.15) is 23.1 Å². The van der Waals surface area contributed by atoms with Crippen LogP contribution in [0, 0.1) is 19.7 Å². The molecule has 2 aromatic rings. The van der Waals surface area contributed by atoms with Gasteiger partial charge in [0.15, 0.2) is 0 Å². The van der Waals surface area contributed by atoms with Gasteiger partial charge in [-0.1, -0.05) is 18.2 Å². The number of aliphatic hydroxyl groups excluding tert-OH is 1. The van der Waals surface area contributed by atoms with Crippen LogP contribution in [0.5, 0.6) is 0 Å². The Morgan fingerprint density at radius 1 is 1.21 bits per heavy atom. The average molecular weight is 261 g/mol. The Bertz CT molecular complexity index is 554. The highest BCUT2D eigenvalue weighted by atomic mass is 19.1. The molecule has 100 valence electrons. The summed E-state index contributed by atoms with van der Waals surface area (Å²) in [5.74, 6) is 0.0195. The molecule has 1 aromatic carbocycles. The maximum Gasteiger partial charge on any atom is 0.223 e. The largest absolute Gasteiger partial charge is 0.386 e. The van der Waals surface area contributed by atoms with Gasteiger partial charge in [-0.3, -0.25) is 0 Å². The van der Waals surface area contributed by atoms with E-state index in [1.807, 2.05) is 19.9 Å².